The van der Waals surface area contributed by atoms with E-state index in [2.05, 4.69) is 20.7 Å². The van der Waals surface area contributed by atoms with Gasteiger partial charge in [-0.1, -0.05) is 22.4 Å². The average molecular weight is 175 g/mol. The Kier molecular flexibility index (Phi) is 4.26. The second-order valence-electron chi connectivity index (χ2n) is 1.96. The zero-order valence-electron chi connectivity index (χ0n) is 5.74. The van der Waals surface area contributed by atoms with Gasteiger partial charge in [0.1, 0.15) is 5.69 Å². The number of halogens is 1. The summed E-state index contributed by atoms with van der Waals surface area (Å²) in [4.78, 5) is 0. The molecule has 10 heavy (non-hydrogen) atoms. The fourth-order valence-electron chi connectivity index (χ4n) is 0.631. The highest BCUT2D eigenvalue weighted by Crippen LogP contribution is 2.12. The molecule has 0 radical (unpaired) electrons. The molecule has 54 valence electrons. The minimum Gasteiger partial charge on any atom is -0.147 e. The van der Waals surface area contributed by atoms with Crippen molar-refractivity contribution in [2.75, 3.05) is 0 Å². The highest BCUT2D eigenvalue weighted by atomic mass is 35.5. The van der Waals surface area contributed by atoms with Gasteiger partial charge in [-0.15, -0.1) is 12.4 Å². The van der Waals surface area contributed by atoms with Crippen LogP contribution in [-0.2, 0) is 0 Å². The van der Waals surface area contributed by atoms with E-state index in [1.165, 1.54) is 5.56 Å². The molecule has 0 fully saturated rings. The van der Waals surface area contributed by atoms with Gasteiger partial charge in [0.15, 0.2) is 9.03 Å². The molecule has 0 aliphatic heterocycles. The van der Waals surface area contributed by atoms with E-state index in [4.69, 9.17) is 0 Å². The van der Waals surface area contributed by atoms with Crippen molar-refractivity contribution in [1.29, 1.82) is 0 Å². The van der Waals surface area contributed by atoms with Crippen LogP contribution in [0.5, 0.6) is 0 Å². The second kappa shape index (κ2) is 4.43. The van der Waals surface area contributed by atoms with Gasteiger partial charge in [0.25, 0.3) is 0 Å². The van der Waals surface area contributed by atoms with Crippen LogP contribution in [0.2, 0.25) is 0 Å². The molecule has 1 aromatic carbocycles. The third-order valence-electron chi connectivity index (χ3n) is 1.18. The van der Waals surface area contributed by atoms with Crippen molar-refractivity contribution in [3.63, 3.8) is 0 Å². The van der Waals surface area contributed by atoms with Crippen molar-refractivity contribution in [2.45, 2.75) is 6.92 Å². The predicted molar refractivity (Wildman–Crippen MR) is 50.2 cm³/mol. The van der Waals surface area contributed by atoms with Crippen LogP contribution in [0.1, 0.15) is 5.56 Å². The van der Waals surface area contributed by atoms with Crippen LogP contribution in [-0.4, -0.2) is 0 Å². The van der Waals surface area contributed by atoms with Crippen molar-refractivity contribution in [1.82, 2.24) is 0 Å². The Hall–Kier alpha value is -0.390. The van der Waals surface area contributed by atoms with Gasteiger partial charge in [-0.25, -0.2) is 0 Å². The van der Waals surface area contributed by atoms with Gasteiger partial charge in [0.2, 0.25) is 0 Å². The largest absolute Gasteiger partial charge is 0.177 e. The van der Waals surface area contributed by atoms with Crippen molar-refractivity contribution in [3.05, 3.63) is 29.8 Å². The van der Waals surface area contributed by atoms with Crippen molar-refractivity contribution in [2.24, 2.45) is 4.74 Å². The van der Waals surface area contributed by atoms with Gasteiger partial charge in [-0.3, -0.25) is 0 Å². The van der Waals surface area contributed by atoms with Crippen molar-refractivity contribution in [3.8, 4) is 0 Å². The number of rotatable bonds is 1. The predicted octanol–water partition coefficient (Wildman–Crippen LogP) is 3.11. The van der Waals surface area contributed by atoms with Gasteiger partial charge in [-0.2, -0.15) is 0 Å². The number of aryl methyl sites for hydroxylation is 1. The highest BCUT2D eigenvalue weighted by Gasteiger charge is 1.86. The smallest absolute Gasteiger partial charge is 0.147 e. The summed E-state index contributed by atoms with van der Waals surface area (Å²) in [6.45, 7) is 2.06. The van der Waals surface area contributed by atoms with Crippen LogP contribution < -0.4 is 0 Å². The molecule has 0 aromatic heterocycles. The topological polar surface area (TPSA) is 12.4 Å². The lowest BCUT2D eigenvalue weighted by molar-refractivity contribution is 1.45. The average Bonchev–Trinajstić information content (AvgIpc) is 1.90. The molecule has 0 N–H and O–H groups in total. The first-order valence-corrected chi connectivity index (χ1v) is 3.32. The summed E-state index contributed by atoms with van der Waals surface area (Å²) in [7, 11) is 2.33. The Morgan fingerprint density at radius 1 is 1.20 bits per heavy atom. The lowest BCUT2D eigenvalue weighted by Crippen LogP contribution is -1.65. The molecule has 0 aliphatic carbocycles. The molecule has 0 bridgehead atoms. The highest BCUT2D eigenvalue weighted by molar-refractivity contribution is 7.04. The first kappa shape index (κ1) is 9.61. The molecule has 0 aliphatic rings. The third kappa shape index (κ3) is 2.47. The number of benzene rings is 1. The molecule has 1 unspecified atom stereocenters. The second-order valence-corrected chi connectivity index (χ2v) is 2.22. The van der Waals surface area contributed by atoms with Crippen molar-refractivity contribution >= 4 is 27.1 Å². The summed E-state index contributed by atoms with van der Waals surface area (Å²) in [6, 6.07) is 8.07. The zero-order chi connectivity index (χ0) is 6.69. The van der Waals surface area contributed by atoms with Gasteiger partial charge >= 0.3 is 0 Å². The summed E-state index contributed by atoms with van der Waals surface area (Å²) >= 11 is 0. The lowest BCUT2D eigenvalue weighted by Gasteiger charge is -1.88. The molecule has 1 aromatic rings. The molecular formula is C7H10ClNP+. The standard InChI is InChI=1S/C7H8NP.ClH/c1-6-2-4-7(8-9)5-3-6;/h2-5,9H,1H3;1H/p+1. The Bertz CT molecular complexity index is 207. The van der Waals surface area contributed by atoms with Gasteiger partial charge in [0, 0.05) is 0 Å². The summed E-state index contributed by atoms with van der Waals surface area (Å²) in [6.07, 6.45) is 0. The Morgan fingerprint density at radius 2 is 1.70 bits per heavy atom. The maximum atomic E-state index is 3.93. The maximum absolute atomic E-state index is 3.93. The van der Waals surface area contributed by atoms with Crippen LogP contribution in [0.25, 0.3) is 0 Å². The van der Waals surface area contributed by atoms with Gasteiger partial charge < -0.3 is 0 Å². The molecule has 0 saturated carbocycles. The molecule has 1 atom stereocenters. The summed E-state index contributed by atoms with van der Waals surface area (Å²) < 4.78 is 3.93. The van der Waals surface area contributed by atoms with Crippen LogP contribution >= 0.6 is 21.4 Å². The molecule has 0 spiro atoms. The molecule has 1 rings (SSSR count). The molecule has 0 amide bonds. The Labute approximate surface area is 69.2 Å². The molecule has 0 saturated heterocycles. The Morgan fingerprint density at radius 3 is 2.10 bits per heavy atom. The Balaban J connectivity index is 0.000000810. The molecule has 0 heterocycles. The van der Waals surface area contributed by atoms with E-state index in [0.29, 0.717) is 0 Å². The summed E-state index contributed by atoms with van der Waals surface area (Å²) in [5.41, 5.74) is 2.28. The molecule has 3 heteroatoms. The van der Waals surface area contributed by atoms with Crippen LogP contribution in [0, 0.1) is 6.92 Å². The lowest BCUT2D eigenvalue weighted by atomic mass is 10.2. The minimum absolute atomic E-state index is 0. The van der Waals surface area contributed by atoms with Crippen LogP contribution in [0.4, 0.5) is 5.69 Å². The van der Waals surface area contributed by atoms with Crippen LogP contribution in [0.15, 0.2) is 29.0 Å². The van der Waals surface area contributed by atoms with E-state index in [9.17, 15) is 0 Å². The van der Waals surface area contributed by atoms with Crippen molar-refractivity contribution < 1.29 is 0 Å². The summed E-state index contributed by atoms with van der Waals surface area (Å²) in [5.74, 6) is 0. The van der Waals surface area contributed by atoms with E-state index in [1.54, 1.807) is 0 Å². The fraction of sp³-hybridized carbons (Fsp3) is 0.143. The van der Waals surface area contributed by atoms with E-state index in [0.717, 1.165) is 5.69 Å². The van der Waals surface area contributed by atoms with Crippen LogP contribution in [0.3, 0.4) is 0 Å². The molecule has 1 nitrogen and oxygen atoms in total. The van der Waals surface area contributed by atoms with E-state index in [1.807, 2.05) is 24.3 Å². The zero-order valence-corrected chi connectivity index (χ0v) is 7.71. The third-order valence-corrected chi connectivity index (χ3v) is 1.48. The quantitative estimate of drug-likeness (QED) is 0.580. The van der Waals surface area contributed by atoms with E-state index in [-0.39, 0.29) is 12.4 Å². The monoisotopic (exact) mass is 174 g/mol. The normalized spacial score (nSPS) is 8.10. The summed E-state index contributed by atoms with van der Waals surface area (Å²) in [5, 5.41) is 0. The maximum Gasteiger partial charge on any atom is 0.177 e. The number of hydrogen-bond acceptors (Lipinski definition) is 1. The first-order valence-electron chi connectivity index (χ1n) is 2.80. The number of nitrogens with zero attached hydrogens (tertiary/aromatic N) is 1. The fourth-order valence-corrected chi connectivity index (χ4v) is 0.803. The van der Waals surface area contributed by atoms with E-state index < -0.39 is 0 Å². The van der Waals surface area contributed by atoms with E-state index >= 15 is 0 Å². The number of hydrogen-bond donors (Lipinski definition) is 0. The minimum atomic E-state index is 0. The SMILES string of the molecule is Cc1ccc(N=[PH2+])cc1.Cl. The first-order chi connectivity index (χ1) is 4.33. The van der Waals surface area contributed by atoms with Gasteiger partial charge in [0.05, 0.1) is 0 Å². The van der Waals surface area contributed by atoms with Gasteiger partial charge in [-0.05, 0) is 19.1 Å². The molecular weight excluding hydrogens is 165 g/mol.